The SMILES string of the molecule is CCc1cccc2sc(OC)c(N)c12. The van der Waals surface area contributed by atoms with Crippen LogP contribution in [-0.2, 0) is 6.42 Å². The third-order valence-electron chi connectivity index (χ3n) is 2.37. The van der Waals surface area contributed by atoms with Gasteiger partial charge in [0.05, 0.1) is 12.8 Å². The molecule has 1 heterocycles. The number of thiophene rings is 1. The Bertz CT molecular complexity index is 462. The van der Waals surface area contributed by atoms with Crippen molar-refractivity contribution in [3.05, 3.63) is 23.8 Å². The van der Waals surface area contributed by atoms with Gasteiger partial charge in [0, 0.05) is 10.1 Å². The van der Waals surface area contributed by atoms with Gasteiger partial charge in [0.15, 0.2) is 5.06 Å². The number of hydrogen-bond donors (Lipinski definition) is 1. The van der Waals surface area contributed by atoms with E-state index in [0.29, 0.717) is 0 Å². The van der Waals surface area contributed by atoms with Crippen LogP contribution in [0.5, 0.6) is 5.06 Å². The van der Waals surface area contributed by atoms with Gasteiger partial charge in [-0.05, 0) is 18.1 Å². The van der Waals surface area contributed by atoms with Gasteiger partial charge in [-0.15, -0.1) is 0 Å². The third kappa shape index (κ3) is 1.24. The average molecular weight is 207 g/mol. The van der Waals surface area contributed by atoms with Crippen LogP contribution in [0.4, 0.5) is 5.69 Å². The Labute approximate surface area is 87.3 Å². The molecule has 0 atom stereocenters. The predicted octanol–water partition coefficient (Wildman–Crippen LogP) is 3.05. The summed E-state index contributed by atoms with van der Waals surface area (Å²) >= 11 is 1.61. The first-order chi connectivity index (χ1) is 6.77. The monoisotopic (exact) mass is 207 g/mol. The maximum atomic E-state index is 6.01. The topological polar surface area (TPSA) is 35.2 Å². The lowest BCUT2D eigenvalue weighted by Crippen LogP contribution is -1.89. The van der Waals surface area contributed by atoms with Gasteiger partial charge < -0.3 is 10.5 Å². The highest BCUT2D eigenvalue weighted by molar-refractivity contribution is 7.21. The van der Waals surface area contributed by atoms with E-state index in [0.717, 1.165) is 22.6 Å². The number of benzene rings is 1. The normalized spacial score (nSPS) is 10.7. The maximum absolute atomic E-state index is 6.01. The van der Waals surface area contributed by atoms with E-state index in [1.165, 1.54) is 10.3 Å². The van der Waals surface area contributed by atoms with Crippen molar-refractivity contribution in [3.8, 4) is 5.06 Å². The zero-order chi connectivity index (χ0) is 10.1. The van der Waals surface area contributed by atoms with Gasteiger partial charge >= 0.3 is 0 Å². The molecule has 3 heteroatoms. The molecule has 0 saturated heterocycles. The Kier molecular flexibility index (Phi) is 2.33. The second-order valence-electron chi connectivity index (χ2n) is 3.15. The lowest BCUT2D eigenvalue weighted by Gasteiger charge is -2.00. The molecule has 0 aliphatic rings. The Morgan fingerprint density at radius 2 is 2.21 bits per heavy atom. The minimum Gasteiger partial charge on any atom is -0.486 e. The standard InChI is InChI=1S/C11H13NOS/c1-3-7-5-4-6-8-9(7)10(12)11(13-2)14-8/h4-6H,3,12H2,1-2H3. The third-order valence-corrected chi connectivity index (χ3v) is 3.50. The average Bonchev–Trinajstić information content (AvgIpc) is 2.55. The number of nitrogen functional groups attached to an aromatic ring is 1. The highest BCUT2D eigenvalue weighted by Gasteiger charge is 2.11. The fourth-order valence-electron chi connectivity index (χ4n) is 1.67. The molecule has 0 aliphatic carbocycles. The van der Waals surface area contributed by atoms with Gasteiger partial charge in [-0.1, -0.05) is 30.4 Å². The Hall–Kier alpha value is -1.22. The van der Waals surface area contributed by atoms with E-state index >= 15 is 0 Å². The van der Waals surface area contributed by atoms with Crippen molar-refractivity contribution in [2.45, 2.75) is 13.3 Å². The van der Waals surface area contributed by atoms with Crippen LogP contribution in [0.25, 0.3) is 10.1 Å². The fourth-order valence-corrected chi connectivity index (χ4v) is 2.66. The number of rotatable bonds is 2. The first kappa shape index (κ1) is 9.34. The molecule has 0 fully saturated rings. The predicted molar refractivity (Wildman–Crippen MR) is 62.2 cm³/mol. The zero-order valence-electron chi connectivity index (χ0n) is 8.33. The summed E-state index contributed by atoms with van der Waals surface area (Å²) in [6, 6.07) is 6.26. The lowest BCUT2D eigenvalue weighted by atomic mass is 10.1. The van der Waals surface area contributed by atoms with E-state index < -0.39 is 0 Å². The minimum absolute atomic E-state index is 0.782. The Morgan fingerprint density at radius 3 is 2.86 bits per heavy atom. The molecule has 2 aromatic rings. The van der Waals surface area contributed by atoms with Crippen molar-refractivity contribution in [2.24, 2.45) is 0 Å². The number of fused-ring (bicyclic) bond motifs is 1. The van der Waals surface area contributed by atoms with Crippen LogP contribution >= 0.6 is 11.3 Å². The van der Waals surface area contributed by atoms with Gasteiger partial charge in [0.2, 0.25) is 0 Å². The van der Waals surface area contributed by atoms with E-state index in [1.54, 1.807) is 18.4 Å². The zero-order valence-corrected chi connectivity index (χ0v) is 9.15. The van der Waals surface area contributed by atoms with Crippen molar-refractivity contribution < 1.29 is 4.74 Å². The molecule has 2 nitrogen and oxygen atoms in total. The van der Waals surface area contributed by atoms with Gasteiger partial charge in [-0.3, -0.25) is 0 Å². The quantitative estimate of drug-likeness (QED) is 0.821. The minimum atomic E-state index is 0.782. The van der Waals surface area contributed by atoms with Crippen LogP contribution in [-0.4, -0.2) is 7.11 Å². The van der Waals surface area contributed by atoms with Crippen LogP contribution < -0.4 is 10.5 Å². The van der Waals surface area contributed by atoms with Crippen LogP contribution in [0.1, 0.15) is 12.5 Å². The van der Waals surface area contributed by atoms with Gasteiger partial charge in [0.25, 0.3) is 0 Å². The Morgan fingerprint density at radius 1 is 1.43 bits per heavy atom. The van der Waals surface area contributed by atoms with Crippen LogP contribution in [0.2, 0.25) is 0 Å². The largest absolute Gasteiger partial charge is 0.486 e. The molecule has 0 aliphatic heterocycles. The second kappa shape index (κ2) is 3.50. The summed E-state index contributed by atoms with van der Waals surface area (Å²) < 4.78 is 6.43. The number of methoxy groups -OCH3 is 1. The highest BCUT2D eigenvalue weighted by atomic mass is 32.1. The summed E-state index contributed by atoms with van der Waals surface area (Å²) in [5, 5.41) is 1.98. The van der Waals surface area contributed by atoms with Crippen LogP contribution in [0.3, 0.4) is 0 Å². The van der Waals surface area contributed by atoms with Crippen LogP contribution in [0.15, 0.2) is 18.2 Å². The lowest BCUT2D eigenvalue weighted by molar-refractivity contribution is 0.429. The fraction of sp³-hybridized carbons (Fsp3) is 0.273. The van der Waals surface area contributed by atoms with E-state index in [-0.39, 0.29) is 0 Å². The molecule has 0 saturated carbocycles. The molecule has 2 rings (SSSR count). The molecule has 2 N–H and O–H groups in total. The summed E-state index contributed by atoms with van der Waals surface area (Å²) in [4.78, 5) is 0. The second-order valence-corrected chi connectivity index (χ2v) is 4.17. The summed E-state index contributed by atoms with van der Waals surface area (Å²) in [7, 11) is 1.66. The molecule has 0 unspecified atom stereocenters. The molecule has 0 spiro atoms. The molecule has 1 aromatic carbocycles. The molecular weight excluding hydrogens is 194 g/mol. The molecule has 0 radical (unpaired) electrons. The van der Waals surface area contributed by atoms with Crippen molar-refractivity contribution in [1.82, 2.24) is 0 Å². The van der Waals surface area contributed by atoms with Gasteiger partial charge in [0.1, 0.15) is 0 Å². The number of aryl methyl sites for hydroxylation is 1. The molecule has 1 aromatic heterocycles. The smallest absolute Gasteiger partial charge is 0.198 e. The van der Waals surface area contributed by atoms with E-state index in [9.17, 15) is 0 Å². The van der Waals surface area contributed by atoms with Crippen LogP contribution in [0, 0.1) is 0 Å². The Balaban J connectivity index is 2.79. The van der Waals surface area contributed by atoms with Crippen molar-refractivity contribution in [3.63, 3.8) is 0 Å². The maximum Gasteiger partial charge on any atom is 0.198 e. The first-order valence-electron chi connectivity index (χ1n) is 4.61. The molecule has 14 heavy (non-hydrogen) atoms. The summed E-state index contributed by atoms with van der Waals surface area (Å²) in [6.07, 6.45) is 1.00. The van der Waals surface area contributed by atoms with E-state index in [2.05, 4.69) is 25.1 Å². The number of hydrogen-bond acceptors (Lipinski definition) is 3. The number of nitrogens with two attached hydrogens (primary N) is 1. The van der Waals surface area contributed by atoms with Gasteiger partial charge in [-0.25, -0.2) is 0 Å². The van der Waals surface area contributed by atoms with Gasteiger partial charge in [-0.2, -0.15) is 0 Å². The molecular formula is C11H13NOS. The van der Waals surface area contributed by atoms with Crippen molar-refractivity contribution >= 4 is 27.1 Å². The molecule has 74 valence electrons. The van der Waals surface area contributed by atoms with E-state index in [1.807, 2.05) is 0 Å². The summed E-state index contributed by atoms with van der Waals surface area (Å²) in [5.74, 6) is 0. The molecule has 0 amide bonds. The van der Waals surface area contributed by atoms with E-state index in [4.69, 9.17) is 10.5 Å². The summed E-state index contributed by atoms with van der Waals surface area (Å²) in [6.45, 7) is 2.14. The summed E-state index contributed by atoms with van der Waals surface area (Å²) in [5.41, 5.74) is 8.08. The highest BCUT2D eigenvalue weighted by Crippen LogP contribution is 2.41. The number of ether oxygens (including phenoxy) is 1. The number of anilines is 1. The molecule has 0 bridgehead atoms. The van der Waals surface area contributed by atoms with Crippen molar-refractivity contribution in [2.75, 3.05) is 12.8 Å². The first-order valence-corrected chi connectivity index (χ1v) is 5.43. The van der Waals surface area contributed by atoms with Crippen molar-refractivity contribution in [1.29, 1.82) is 0 Å².